The van der Waals surface area contributed by atoms with Crippen LogP contribution in [-0.4, -0.2) is 41.9 Å². The van der Waals surface area contributed by atoms with Crippen molar-refractivity contribution in [2.75, 3.05) is 13.1 Å². The van der Waals surface area contributed by atoms with Crippen LogP contribution in [0.25, 0.3) is 0 Å². The van der Waals surface area contributed by atoms with Crippen molar-refractivity contribution >= 4 is 11.8 Å². The average molecular weight is 255 g/mol. The third-order valence-electron chi connectivity index (χ3n) is 3.21. The van der Waals surface area contributed by atoms with Gasteiger partial charge in [0.25, 0.3) is 0 Å². The van der Waals surface area contributed by atoms with Crippen LogP contribution in [0.4, 0.5) is 0 Å². The molecule has 1 aliphatic rings. The fourth-order valence-electron chi connectivity index (χ4n) is 1.82. The molecule has 1 rings (SSSR count). The zero-order chi connectivity index (χ0) is 13.7. The molecule has 1 aliphatic carbocycles. The summed E-state index contributed by atoms with van der Waals surface area (Å²) in [6.07, 6.45) is 3.12. The fraction of sp³-hybridized carbons (Fsp3) is 0.846. The van der Waals surface area contributed by atoms with Gasteiger partial charge in [0.1, 0.15) is 0 Å². The Labute approximate surface area is 109 Å². The highest BCUT2D eigenvalue weighted by molar-refractivity contribution is 5.87. The van der Waals surface area contributed by atoms with Crippen molar-refractivity contribution in [3.8, 4) is 0 Å². The summed E-state index contributed by atoms with van der Waals surface area (Å²) < 4.78 is 0. The van der Waals surface area contributed by atoms with E-state index in [1.54, 1.807) is 0 Å². The third-order valence-corrected chi connectivity index (χ3v) is 3.21. The Kier molecular flexibility index (Phi) is 5.59. The van der Waals surface area contributed by atoms with Crippen LogP contribution in [-0.2, 0) is 9.59 Å². The van der Waals surface area contributed by atoms with Crippen molar-refractivity contribution in [2.45, 2.75) is 52.1 Å². The molecule has 0 radical (unpaired) electrons. The molecule has 5 heteroatoms. The van der Waals surface area contributed by atoms with E-state index in [1.165, 1.54) is 0 Å². The summed E-state index contributed by atoms with van der Waals surface area (Å²) in [5.74, 6) is -0.162. The van der Waals surface area contributed by atoms with Crippen molar-refractivity contribution in [2.24, 2.45) is 11.7 Å². The maximum absolute atomic E-state index is 12.0. The SMILES string of the molecule is CCCN(C(=O)CNC(=O)[C@@H](N)C(C)C)C1CC1. The van der Waals surface area contributed by atoms with Gasteiger partial charge in [-0.3, -0.25) is 9.59 Å². The molecule has 104 valence electrons. The van der Waals surface area contributed by atoms with Gasteiger partial charge < -0.3 is 16.0 Å². The molecule has 0 aromatic rings. The first-order valence-corrected chi connectivity index (χ1v) is 6.80. The lowest BCUT2D eigenvalue weighted by Gasteiger charge is -2.22. The van der Waals surface area contributed by atoms with Crippen LogP contribution < -0.4 is 11.1 Å². The van der Waals surface area contributed by atoms with Crippen LogP contribution in [0.15, 0.2) is 0 Å². The second kappa shape index (κ2) is 6.73. The highest BCUT2D eigenvalue weighted by Crippen LogP contribution is 2.26. The minimum absolute atomic E-state index is 0.00339. The molecule has 1 saturated carbocycles. The maximum atomic E-state index is 12.0. The summed E-state index contributed by atoms with van der Waals surface area (Å²) in [5.41, 5.74) is 5.72. The molecule has 0 heterocycles. The molecule has 5 nitrogen and oxygen atoms in total. The summed E-state index contributed by atoms with van der Waals surface area (Å²) in [7, 11) is 0. The predicted molar refractivity (Wildman–Crippen MR) is 70.8 cm³/mol. The van der Waals surface area contributed by atoms with Crippen LogP contribution in [0.5, 0.6) is 0 Å². The van der Waals surface area contributed by atoms with E-state index >= 15 is 0 Å². The average Bonchev–Trinajstić information content (AvgIpc) is 3.15. The Morgan fingerprint density at radius 2 is 2.00 bits per heavy atom. The van der Waals surface area contributed by atoms with Crippen molar-refractivity contribution in [1.29, 1.82) is 0 Å². The molecule has 0 bridgehead atoms. The van der Waals surface area contributed by atoms with Gasteiger partial charge in [-0.25, -0.2) is 0 Å². The minimum Gasteiger partial charge on any atom is -0.346 e. The molecule has 1 atom stereocenters. The standard InChI is InChI=1S/C13H25N3O2/c1-4-7-16(10-5-6-10)11(17)8-15-13(18)12(14)9(2)3/h9-10,12H,4-8,14H2,1-3H3,(H,15,18)/t12-/m0/s1. The van der Waals surface area contributed by atoms with Gasteiger partial charge >= 0.3 is 0 Å². The topological polar surface area (TPSA) is 75.4 Å². The van der Waals surface area contributed by atoms with Crippen molar-refractivity contribution in [1.82, 2.24) is 10.2 Å². The molecule has 0 aromatic heterocycles. The summed E-state index contributed by atoms with van der Waals surface area (Å²) in [5, 5.41) is 2.63. The molecule has 1 fully saturated rings. The Bertz CT molecular complexity index is 301. The van der Waals surface area contributed by atoms with Crippen LogP contribution in [0.1, 0.15) is 40.0 Å². The molecular weight excluding hydrogens is 230 g/mol. The van der Waals surface area contributed by atoms with Gasteiger partial charge in [0.2, 0.25) is 11.8 Å². The molecule has 2 amide bonds. The fourth-order valence-corrected chi connectivity index (χ4v) is 1.82. The smallest absolute Gasteiger partial charge is 0.242 e. The van der Waals surface area contributed by atoms with Crippen molar-refractivity contribution in [3.63, 3.8) is 0 Å². The number of carbonyl (C=O) groups is 2. The van der Waals surface area contributed by atoms with Crippen LogP contribution in [0.3, 0.4) is 0 Å². The van der Waals surface area contributed by atoms with E-state index in [0.29, 0.717) is 6.04 Å². The zero-order valence-electron chi connectivity index (χ0n) is 11.6. The first kappa shape index (κ1) is 15.0. The molecule has 18 heavy (non-hydrogen) atoms. The number of rotatable bonds is 7. The van der Waals surface area contributed by atoms with Gasteiger partial charge in [-0.15, -0.1) is 0 Å². The van der Waals surface area contributed by atoms with Gasteiger partial charge in [-0.2, -0.15) is 0 Å². The van der Waals surface area contributed by atoms with Gasteiger partial charge in [0.15, 0.2) is 0 Å². The molecule has 0 aliphatic heterocycles. The lowest BCUT2D eigenvalue weighted by molar-refractivity contribution is -0.133. The summed E-state index contributed by atoms with van der Waals surface area (Å²) in [6.45, 7) is 6.67. The van der Waals surface area contributed by atoms with E-state index in [4.69, 9.17) is 5.73 Å². The second-order valence-electron chi connectivity index (χ2n) is 5.31. The van der Waals surface area contributed by atoms with Crippen molar-refractivity contribution in [3.05, 3.63) is 0 Å². The lowest BCUT2D eigenvalue weighted by Crippen LogP contribution is -2.48. The number of carbonyl (C=O) groups excluding carboxylic acids is 2. The highest BCUT2D eigenvalue weighted by Gasteiger charge is 2.31. The Balaban J connectivity index is 2.37. The van der Waals surface area contributed by atoms with Gasteiger partial charge in [-0.05, 0) is 25.2 Å². The van der Waals surface area contributed by atoms with Gasteiger partial charge in [-0.1, -0.05) is 20.8 Å². The van der Waals surface area contributed by atoms with E-state index in [9.17, 15) is 9.59 Å². The molecule has 0 saturated heterocycles. The number of hydrogen-bond acceptors (Lipinski definition) is 3. The lowest BCUT2D eigenvalue weighted by atomic mass is 10.1. The van der Waals surface area contributed by atoms with E-state index in [2.05, 4.69) is 12.2 Å². The predicted octanol–water partition coefficient (Wildman–Crippen LogP) is 0.487. The van der Waals surface area contributed by atoms with Crippen LogP contribution in [0, 0.1) is 5.92 Å². The summed E-state index contributed by atoms with van der Waals surface area (Å²) in [4.78, 5) is 25.5. The normalized spacial score (nSPS) is 16.5. The van der Waals surface area contributed by atoms with Crippen LogP contribution >= 0.6 is 0 Å². The Morgan fingerprint density at radius 3 is 2.44 bits per heavy atom. The van der Waals surface area contributed by atoms with E-state index in [1.807, 2.05) is 18.7 Å². The number of amides is 2. The van der Waals surface area contributed by atoms with Crippen molar-refractivity contribution < 1.29 is 9.59 Å². The Hall–Kier alpha value is -1.10. The zero-order valence-corrected chi connectivity index (χ0v) is 11.6. The number of nitrogens with one attached hydrogen (secondary N) is 1. The number of nitrogens with zero attached hydrogens (tertiary/aromatic N) is 1. The Morgan fingerprint density at radius 1 is 1.39 bits per heavy atom. The maximum Gasteiger partial charge on any atom is 0.242 e. The van der Waals surface area contributed by atoms with Crippen LogP contribution in [0.2, 0.25) is 0 Å². The largest absolute Gasteiger partial charge is 0.346 e. The number of hydrogen-bond donors (Lipinski definition) is 2. The monoisotopic (exact) mass is 255 g/mol. The third kappa shape index (κ3) is 4.29. The molecule has 0 spiro atoms. The number of nitrogens with two attached hydrogens (primary N) is 1. The van der Waals surface area contributed by atoms with E-state index in [0.717, 1.165) is 25.8 Å². The second-order valence-corrected chi connectivity index (χ2v) is 5.31. The molecule has 0 aromatic carbocycles. The summed E-state index contributed by atoms with van der Waals surface area (Å²) >= 11 is 0. The van der Waals surface area contributed by atoms with Gasteiger partial charge in [0, 0.05) is 12.6 Å². The van der Waals surface area contributed by atoms with E-state index in [-0.39, 0.29) is 24.3 Å². The molecule has 3 N–H and O–H groups in total. The van der Waals surface area contributed by atoms with Gasteiger partial charge in [0.05, 0.1) is 12.6 Å². The first-order valence-electron chi connectivity index (χ1n) is 6.80. The highest BCUT2D eigenvalue weighted by atomic mass is 16.2. The first-order chi connectivity index (χ1) is 8.47. The minimum atomic E-state index is -0.543. The quantitative estimate of drug-likeness (QED) is 0.695. The van der Waals surface area contributed by atoms with E-state index < -0.39 is 6.04 Å². The molecule has 0 unspecified atom stereocenters. The molecular formula is C13H25N3O2. The summed E-state index contributed by atoms with van der Waals surface area (Å²) in [6, 6.07) is -0.147.